The molecule has 10 heteroatoms. The second kappa shape index (κ2) is 6.20. The molecule has 0 N–H and O–H groups in total. The summed E-state index contributed by atoms with van der Waals surface area (Å²) in [7, 11) is -1.52. The predicted molar refractivity (Wildman–Crippen MR) is 86.3 cm³/mol. The van der Waals surface area contributed by atoms with Gasteiger partial charge in [-0.3, -0.25) is 9.36 Å². The maximum atomic E-state index is 12.3. The molecule has 0 radical (unpaired) electrons. The summed E-state index contributed by atoms with van der Waals surface area (Å²) >= 11 is 1.39. The van der Waals surface area contributed by atoms with Crippen LogP contribution in [0.15, 0.2) is 23.8 Å². The number of hydrogen-bond donors (Lipinski definition) is 0. The smallest absolute Gasteiger partial charge is 0.161 e. The fourth-order valence-corrected chi connectivity index (χ4v) is 4.25. The molecule has 0 atom stereocenters. The van der Waals surface area contributed by atoms with Gasteiger partial charge in [0.2, 0.25) is 0 Å². The molecule has 3 aromatic heterocycles. The van der Waals surface area contributed by atoms with Crippen LogP contribution in [0, 0.1) is 0 Å². The highest BCUT2D eigenvalue weighted by Crippen LogP contribution is 2.23. The molecule has 0 bridgehead atoms. The summed E-state index contributed by atoms with van der Waals surface area (Å²) in [6.07, 6.45) is 3.47. The molecule has 0 fully saturated rings. The first kappa shape index (κ1) is 15.8. The van der Waals surface area contributed by atoms with Crippen molar-refractivity contribution in [1.29, 1.82) is 0 Å². The average molecular weight is 352 g/mol. The van der Waals surface area contributed by atoms with Crippen LogP contribution in [0.2, 0.25) is 0 Å². The first-order valence-corrected chi connectivity index (χ1v) is 9.69. The highest BCUT2D eigenvalue weighted by molar-refractivity contribution is 7.89. The minimum absolute atomic E-state index is 0.116. The van der Waals surface area contributed by atoms with Gasteiger partial charge in [0, 0.05) is 31.4 Å². The van der Waals surface area contributed by atoms with Crippen molar-refractivity contribution < 1.29 is 8.42 Å². The van der Waals surface area contributed by atoms with E-state index in [1.54, 1.807) is 20.9 Å². The van der Waals surface area contributed by atoms with Crippen molar-refractivity contribution >= 4 is 21.2 Å². The molecule has 8 nitrogen and oxygen atoms in total. The molecule has 3 heterocycles. The standard InChI is InChI=1S/C13H16N6O2S2/c1-3-19-6-10(15-17-19)8-23(20,21)9-11-7-22-13(14-11)12-4-5-18(2)16-12/h4-7H,3,8-9H2,1-2H3. The van der Waals surface area contributed by atoms with Gasteiger partial charge in [0.25, 0.3) is 0 Å². The van der Waals surface area contributed by atoms with Gasteiger partial charge >= 0.3 is 0 Å². The topological polar surface area (TPSA) is 95.6 Å². The minimum Gasteiger partial charge on any atom is -0.275 e. The van der Waals surface area contributed by atoms with Gasteiger partial charge in [-0.1, -0.05) is 5.21 Å². The lowest BCUT2D eigenvalue weighted by molar-refractivity contribution is 0.593. The molecule has 0 aliphatic carbocycles. The summed E-state index contributed by atoms with van der Waals surface area (Å²) in [6, 6.07) is 1.85. The fourth-order valence-electron chi connectivity index (χ4n) is 2.08. The van der Waals surface area contributed by atoms with Gasteiger partial charge in [0.1, 0.15) is 10.7 Å². The molecule has 122 valence electrons. The van der Waals surface area contributed by atoms with Crippen molar-refractivity contribution in [3.63, 3.8) is 0 Å². The van der Waals surface area contributed by atoms with Crippen LogP contribution in [0.1, 0.15) is 18.3 Å². The second-order valence-corrected chi connectivity index (χ2v) is 8.04. The van der Waals surface area contributed by atoms with Crippen LogP contribution < -0.4 is 0 Å². The van der Waals surface area contributed by atoms with Crippen LogP contribution in [0.4, 0.5) is 0 Å². The summed E-state index contributed by atoms with van der Waals surface area (Å²) in [5.74, 6) is -0.251. The van der Waals surface area contributed by atoms with E-state index < -0.39 is 9.84 Å². The molecule has 0 aliphatic rings. The molecule has 0 unspecified atom stereocenters. The third-order valence-corrected chi connectivity index (χ3v) is 5.51. The summed E-state index contributed by atoms with van der Waals surface area (Å²) < 4.78 is 27.9. The highest BCUT2D eigenvalue weighted by atomic mass is 32.2. The fraction of sp³-hybridized carbons (Fsp3) is 0.385. The summed E-state index contributed by atoms with van der Waals surface area (Å²) in [5.41, 5.74) is 1.72. The molecule has 0 spiro atoms. The SMILES string of the molecule is CCn1cc(CS(=O)(=O)Cc2csc(-c3ccn(C)n3)n2)nn1. The normalized spacial score (nSPS) is 11.9. The first-order chi connectivity index (χ1) is 10.9. The predicted octanol–water partition coefficient (Wildman–Crippen LogP) is 1.27. The number of sulfone groups is 1. The second-order valence-electron chi connectivity index (χ2n) is 5.12. The summed E-state index contributed by atoms with van der Waals surface area (Å²) in [4.78, 5) is 4.36. The van der Waals surface area contributed by atoms with E-state index >= 15 is 0 Å². The van der Waals surface area contributed by atoms with Crippen LogP contribution in [0.3, 0.4) is 0 Å². The van der Waals surface area contributed by atoms with Gasteiger partial charge in [0.15, 0.2) is 9.84 Å². The number of hydrogen-bond acceptors (Lipinski definition) is 7. The molecule has 23 heavy (non-hydrogen) atoms. The summed E-state index contributed by atoms with van der Waals surface area (Å²) in [6.45, 7) is 2.58. The van der Waals surface area contributed by atoms with Gasteiger partial charge in [-0.15, -0.1) is 16.4 Å². The molecule has 0 saturated heterocycles. The van der Waals surface area contributed by atoms with E-state index in [0.717, 1.165) is 5.69 Å². The van der Waals surface area contributed by atoms with Crippen LogP contribution in [-0.4, -0.2) is 38.2 Å². The molecule has 0 amide bonds. The Balaban J connectivity index is 1.72. The average Bonchev–Trinajstić information content (AvgIpc) is 3.19. The van der Waals surface area contributed by atoms with Crippen LogP contribution >= 0.6 is 11.3 Å². The third-order valence-electron chi connectivity index (χ3n) is 3.13. The van der Waals surface area contributed by atoms with Crippen molar-refractivity contribution in [1.82, 2.24) is 29.8 Å². The Labute approximate surface area is 137 Å². The Morgan fingerprint density at radius 3 is 2.70 bits per heavy atom. The van der Waals surface area contributed by atoms with E-state index in [2.05, 4.69) is 20.4 Å². The Kier molecular flexibility index (Phi) is 4.26. The lowest BCUT2D eigenvalue weighted by atomic mass is 10.4. The van der Waals surface area contributed by atoms with E-state index in [9.17, 15) is 8.42 Å². The largest absolute Gasteiger partial charge is 0.275 e. The van der Waals surface area contributed by atoms with Crippen molar-refractivity contribution in [3.8, 4) is 10.7 Å². The number of rotatable bonds is 6. The number of thiazole rings is 1. The maximum Gasteiger partial charge on any atom is 0.161 e. The lowest BCUT2D eigenvalue weighted by Gasteiger charge is -1.99. The van der Waals surface area contributed by atoms with Crippen LogP contribution in [-0.2, 0) is 34.9 Å². The van der Waals surface area contributed by atoms with Crippen LogP contribution in [0.25, 0.3) is 10.7 Å². The summed E-state index contributed by atoms with van der Waals surface area (Å²) in [5, 5.41) is 14.5. The molecular weight excluding hydrogens is 336 g/mol. The van der Waals surface area contributed by atoms with Crippen molar-refractivity contribution in [2.24, 2.45) is 7.05 Å². The first-order valence-electron chi connectivity index (χ1n) is 6.99. The Morgan fingerprint density at radius 1 is 1.26 bits per heavy atom. The number of aryl methyl sites for hydroxylation is 2. The molecule has 3 rings (SSSR count). The number of nitrogens with zero attached hydrogens (tertiary/aromatic N) is 6. The Bertz CT molecular complexity index is 908. The molecular formula is C13H16N6O2S2. The van der Waals surface area contributed by atoms with Crippen molar-refractivity contribution in [2.45, 2.75) is 25.0 Å². The molecule has 0 aliphatic heterocycles. The molecule has 0 saturated carbocycles. The van der Waals surface area contributed by atoms with Crippen molar-refractivity contribution in [2.75, 3.05) is 0 Å². The Hall–Kier alpha value is -2.07. The third kappa shape index (κ3) is 3.82. The zero-order valence-corrected chi connectivity index (χ0v) is 14.4. The van der Waals surface area contributed by atoms with Gasteiger partial charge in [-0.2, -0.15) is 5.10 Å². The zero-order valence-electron chi connectivity index (χ0n) is 12.7. The zero-order chi connectivity index (χ0) is 16.4. The number of aromatic nitrogens is 6. The van der Waals surface area contributed by atoms with E-state index in [-0.39, 0.29) is 11.5 Å². The maximum absolute atomic E-state index is 12.3. The van der Waals surface area contributed by atoms with Gasteiger partial charge < -0.3 is 0 Å². The van der Waals surface area contributed by atoms with Crippen molar-refractivity contribution in [3.05, 3.63) is 35.2 Å². The van der Waals surface area contributed by atoms with E-state index in [1.807, 2.05) is 26.2 Å². The molecule has 0 aromatic carbocycles. The van der Waals surface area contributed by atoms with E-state index in [0.29, 0.717) is 22.9 Å². The highest BCUT2D eigenvalue weighted by Gasteiger charge is 2.18. The van der Waals surface area contributed by atoms with Gasteiger partial charge in [-0.25, -0.2) is 13.4 Å². The lowest BCUT2D eigenvalue weighted by Crippen LogP contribution is -2.08. The monoisotopic (exact) mass is 352 g/mol. The van der Waals surface area contributed by atoms with Gasteiger partial charge in [0.05, 0.1) is 22.9 Å². The van der Waals surface area contributed by atoms with E-state index in [1.165, 1.54) is 11.3 Å². The molecule has 3 aromatic rings. The minimum atomic E-state index is -3.34. The quantitative estimate of drug-likeness (QED) is 0.663. The Morgan fingerprint density at radius 2 is 2.04 bits per heavy atom. The van der Waals surface area contributed by atoms with Crippen LogP contribution in [0.5, 0.6) is 0 Å². The van der Waals surface area contributed by atoms with Gasteiger partial charge in [-0.05, 0) is 13.0 Å². The van der Waals surface area contributed by atoms with E-state index in [4.69, 9.17) is 0 Å².